The minimum atomic E-state index is -2.23. The molecule has 2 fully saturated rings. The van der Waals surface area contributed by atoms with Crippen LogP contribution in [0.25, 0.3) is 0 Å². The number of aliphatic hydroxyl groups is 1. The molecule has 0 spiro atoms. The summed E-state index contributed by atoms with van der Waals surface area (Å²) >= 11 is 0. The Labute approximate surface area is 300 Å². The van der Waals surface area contributed by atoms with Gasteiger partial charge >= 0.3 is 17.9 Å². The second kappa shape index (κ2) is 26.2. The molecule has 2 saturated heterocycles. The van der Waals surface area contributed by atoms with Crippen molar-refractivity contribution in [1.29, 1.82) is 0 Å². The molecule has 2 heterocycles. The van der Waals surface area contributed by atoms with Crippen LogP contribution < -0.4 is 0 Å². The highest BCUT2D eigenvalue weighted by Gasteiger charge is 2.58. The van der Waals surface area contributed by atoms with Crippen molar-refractivity contribution in [3.63, 3.8) is 0 Å². The van der Waals surface area contributed by atoms with Gasteiger partial charge in [-0.2, -0.15) is 0 Å². The Balaban J connectivity index is 1.69. The van der Waals surface area contributed by atoms with Crippen LogP contribution in [-0.2, 0) is 28.6 Å². The third-order valence-corrected chi connectivity index (χ3v) is 10.7. The van der Waals surface area contributed by atoms with Gasteiger partial charge in [0.15, 0.2) is 11.7 Å². The molecule has 3 unspecified atom stereocenters. The minimum absolute atomic E-state index is 0.272. The van der Waals surface area contributed by atoms with Gasteiger partial charge < -0.3 is 19.3 Å². The van der Waals surface area contributed by atoms with Gasteiger partial charge in [-0.15, -0.1) is 0 Å². The molecule has 0 aromatic rings. The molecule has 2 aliphatic rings. The number of unbranched alkanes of at least 4 members (excludes halogenated alkanes) is 25. The summed E-state index contributed by atoms with van der Waals surface area (Å²) in [5.74, 6) is -3.18. The van der Waals surface area contributed by atoms with Crippen molar-refractivity contribution in [2.75, 3.05) is 0 Å². The molecule has 0 radical (unpaired) electrons. The summed E-state index contributed by atoms with van der Waals surface area (Å²) in [5.41, 5.74) is -2.23. The Morgan fingerprint density at radius 2 is 0.980 bits per heavy atom. The van der Waals surface area contributed by atoms with Crippen LogP contribution >= 0.6 is 0 Å². The largest absolute Gasteiger partial charge is 0.454 e. The molecule has 2 bridgehead atoms. The van der Waals surface area contributed by atoms with Crippen LogP contribution in [0.3, 0.4) is 0 Å². The van der Waals surface area contributed by atoms with Crippen LogP contribution in [0.1, 0.15) is 226 Å². The SMILES string of the molecule is CCCCCCCCCCCCCCCCC12OC(=O)CC(O)(CC(=O)OC1CCCCCCCCCCCCCCCC(C)C)C(=O)O2. The van der Waals surface area contributed by atoms with Crippen molar-refractivity contribution in [3.8, 4) is 0 Å². The molecule has 2 rings (SSSR count). The number of cyclic esters (lactones) is 1. The van der Waals surface area contributed by atoms with Gasteiger partial charge in [0.2, 0.25) is 0 Å². The average Bonchev–Trinajstić information content (AvgIpc) is 3.11. The number of rotatable bonds is 31. The van der Waals surface area contributed by atoms with Crippen LogP contribution in [0.2, 0.25) is 0 Å². The van der Waals surface area contributed by atoms with E-state index in [1.807, 2.05) is 0 Å². The first-order valence-electron chi connectivity index (χ1n) is 21.1. The van der Waals surface area contributed by atoms with Gasteiger partial charge in [0, 0.05) is 6.42 Å². The zero-order valence-corrected chi connectivity index (χ0v) is 32.2. The molecular formula is C42H76O7. The van der Waals surface area contributed by atoms with Gasteiger partial charge in [-0.05, 0) is 25.2 Å². The Bertz CT molecular complexity index is 888. The lowest BCUT2D eigenvalue weighted by Gasteiger charge is -2.39. The molecule has 49 heavy (non-hydrogen) atoms. The first-order valence-corrected chi connectivity index (χ1v) is 21.1. The Kier molecular flexibility index (Phi) is 23.3. The van der Waals surface area contributed by atoms with Gasteiger partial charge in [-0.25, -0.2) is 4.79 Å². The molecule has 0 aliphatic carbocycles. The van der Waals surface area contributed by atoms with Crippen LogP contribution in [0.5, 0.6) is 0 Å². The second-order valence-electron chi connectivity index (χ2n) is 16.0. The van der Waals surface area contributed by atoms with Crippen LogP contribution in [0, 0.1) is 5.92 Å². The average molecular weight is 693 g/mol. The Morgan fingerprint density at radius 1 is 0.571 bits per heavy atom. The first-order chi connectivity index (χ1) is 23.7. The fourth-order valence-electron chi connectivity index (χ4n) is 7.54. The molecular weight excluding hydrogens is 616 g/mol. The summed E-state index contributed by atoms with van der Waals surface area (Å²) in [6, 6.07) is 0. The minimum Gasteiger partial charge on any atom is -0.454 e. The summed E-state index contributed by atoms with van der Waals surface area (Å²) in [5, 5.41) is 10.9. The smallest absolute Gasteiger partial charge is 0.342 e. The highest BCUT2D eigenvalue weighted by molar-refractivity contribution is 5.92. The van der Waals surface area contributed by atoms with Crippen molar-refractivity contribution in [2.24, 2.45) is 5.92 Å². The van der Waals surface area contributed by atoms with Crippen molar-refractivity contribution in [2.45, 2.75) is 244 Å². The third-order valence-electron chi connectivity index (χ3n) is 10.7. The third kappa shape index (κ3) is 19.0. The number of fused-ring (bicyclic) bond motifs is 3. The standard InChI is InChI=1S/C42H76O7/c1-4-5-6-7-8-9-10-11-15-18-21-24-27-30-33-42-37(47-38(43)34-41(46,40(45)49-42)35-39(44)48-42)32-29-26-23-20-17-14-12-13-16-19-22-25-28-31-36(2)3/h36-37,46H,4-35H2,1-3H3. The molecule has 7 heteroatoms. The van der Waals surface area contributed by atoms with Crippen LogP contribution in [-0.4, -0.2) is 40.5 Å². The molecule has 7 nitrogen and oxygen atoms in total. The van der Waals surface area contributed by atoms with E-state index in [1.165, 1.54) is 135 Å². The number of hydrogen-bond donors (Lipinski definition) is 1. The van der Waals surface area contributed by atoms with E-state index < -0.39 is 48.2 Å². The monoisotopic (exact) mass is 693 g/mol. The summed E-state index contributed by atoms with van der Waals surface area (Å²) < 4.78 is 17.5. The van der Waals surface area contributed by atoms with E-state index in [0.717, 1.165) is 44.4 Å². The van der Waals surface area contributed by atoms with E-state index in [9.17, 15) is 19.5 Å². The topological polar surface area (TPSA) is 99.1 Å². The van der Waals surface area contributed by atoms with Gasteiger partial charge in [-0.3, -0.25) is 9.59 Å². The Morgan fingerprint density at radius 3 is 1.45 bits per heavy atom. The summed E-state index contributed by atoms with van der Waals surface area (Å²) in [6.07, 6.45) is 33.2. The molecule has 0 aromatic carbocycles. The van der Waals surface area contributed by atoms with E-state index in [1.54, 1.807) is 0 Å². The normalized spacial score (nSPS) is 22.5. The molecule has 0 aromatic heterocycles. The highest BCUT2D eigenvalue weighted by Crippen LogP contribution is 2.40. The van der Waals surface area contributed by atoms with Crippen molar-refractivity contribution < 1.29 is 33.7 Å². The van der Waals surface area contributed by atoms with E-state index in [4.69, 9.17) is 14.2 Å². The van der Waals surface area contributed by atoms with Crippen molar-refractivity contribution >= 4 is 17.9 Å². The maximum absolute atomic E-state index is 13.1. The number of ether oxygens (including phenoxy) is 3. The van der Waals surface area contributed by atoms with Gasteiger partial charge in [0.05, 0.1) is 12.8 Å². The molecule has 0 amide bonds. The van der Waals surface area contributed by atoms with Gasteiger partial charge in [0.25, 0.3) is 5.79 Å². The molecule has 2 aliphatic heterocycles. The number of esters is 3. The first kappa shape index (κ1) is 43.5. The lowest BCUT2D eigenvalue weighted by Crippen LogP contribution is -2.55. The number of carbonyl (C=O) groups excluding carboxylic acids is 3. The van der Waals surface area contributed by atoms with Crippen LogP contribution in [0.4, 0.5) is 0 Å². The fourth-order valence-corrected chi connectivity index (χ4v) is 7.54. The van der Waals surface area contributed by atoms with Crippen molar-refractivity contribution in [1.82, 2.24) is 0 Å². The predicted molar refractivity (Wildman–Crippen MR) is 198 cm³/mol. The van der Waals surface area contributed by atoms with Gasteiger partial charge in [-0.1, -0.05) is 188 Å². The quantitative estimate of drug-likeness (QED) is 0.0570. The maximum atomic E-state index is 13.1. The van der Waals surface area contributed by atoms with E-state index >= 15 is 0 Å². The lowest BCUT2D eigenvalue weighted by molar-refractivity contribution is -0.273. The van der Waals surface area contributed by atoms with E-state index in [2.05, 4.69) is 20.8 Å². The zero-order chi connectivity index (χ0) is 35.6. The van der Waals surface area contributed by atoms with E-state index in [0.29, 0.717) is 12.8 Å². The fraction of sp³-hybridized carbons (Fsp3) is 0.929. The second-order valence-corrected chi connectivity index (χ2v) is 16.0. The summed E-state index contributed by atoms with van der Waals surface area (Å²) in [4.78, 5) is 38.7. The summed E-state index contributed by atoms with van der Waals surface area (Å²) in [6.45, 7) is 6.87. The van der Waals surface area contributed by atoms with Gasteiger partial charge in [0.1, 0.15) is 0 Å². The number of carbonyl (C=O) groups is 3. The molecule has 286 valence electrons. The van der Waals surface area contributed by atoms with E-state index in [-0.39, 0.29) is 6.42 Å². The van der Waals surface area contributed by atoms with Crippen LogP contribution in [0.15, 0.2) is 0 Å². The zero-order valence-electron chi connectivity index (χ0n) is 32.2. The summed E-state index contributed by atoms with van der Waals surface area (Å²) in [7, 11) is 0. The number of hydrogen-bond acceptors (Lipinski definition) is 7. The molecule has 0 saturated carbocycles. The lowest BCUT2D eigenvalue weighted by atomic mass is 9.93. The van der Waals surface area contributed by atoms with Crippen molar-refractivity contribution in [3.05, 3.63) is 0 Å². The highest BCUT2D eigenvalue weighted by atomic mass is 16.8. The maximum Gasteiger partial charge on any atom is 0.342 e. The Hall–Kier alpha value is -1.63. The molecule has 1 N–H and O–H groups in total. The molecule has 3 atom stereocenters. The predicted octanol–water partition coefficient (Wildman–Crippen LogP) is 11.6.